The maximum Gasteiger partial charge on any atom is 0.168 e. The summed E-state index contributed by atoms with van der Waals surface area (Å²) in [6.07, 6.45) is 2.96. The second-order valence-corrected chi connectivity index (χ2v) is 10.8. The van der Waals surface area contributed by atoms with Crippen molar-refractivity contribution in [3.8, 4) is 17.8 Å². The quantitative estimate of drug-likeness (QED) is 0.220. The molecule has 3 aromatic carbocycles. The molecule has 2 heterocycles. The van der Waals surface area contributed by atoms with Crippen LogP contribution in [0.15, 0.2) is 66.7 Å². The molecule has 1 aliphatic carbocycles. The van der Waals surface area contributed by atoms with Gasteiger partial charge in [-0.3, -0.25) is 5.32 Å². The standard InChI is InChI=1S/C32H30FN7O/c33-28-9-7-24(32(11-10-20-4-5-20)27-8-6-22(17-35)12-23(27)19-37-32)14-29(28)38-31(41)30-15-25(18-36)39-40(30)26-3-1-2-21(13-26)16-34/h1-3,6-9,12-15,20,31,37-38,41H,4-5,10-11,16,19,34H2. The number of rotatable bonds is 9. The van der Waals surface area contributed by atoms with E-state index in [4.69, 9.17) is 5.73 Å². The van der Waals surface area contributed by atoms with Crippen LogP contribution in [0, 0.1) is 34.4 Å². The SMILES string of the molecule is N#Cc1ccc2c(c1)CNC2(CCC1CC1)c1ccc(F)c(NC(O)c2cc(C#N)nn2-c2cccc(CN)c2)c1. The van der Waals surface area contributed by atoms with Crippen LogP contribution in [0.5, 0.6) is 0 Å². The summed E-state index contributed by atoms with van der Waals surface area (Å²) in [5, 5.41) is 41.1. The van der Waals surface area contributed by atoms with E-state index >= 15 is 4.39 Å². The number of benzene rings is 3. The third kappa shape index (κ3) is 5.07. The number of hydrogen-bond donors (Lipinski definition) is 4. The third-order valence-electron chi connectivity index (χ3n) is 8.17. The van der Waals surface area contributed by atoms with Crippen LogP contribution in [0.2, 0.25) is 0 Å². The summed E-state index contributed by atoms with van der Waals surface area (Å²) in [5.74, 6) is 0.184. The number of fused-ring (bicyclic) bond motifs is 1. The number of nitrogens with two attached hydrogens (primary N) is 1. The molecule has 5 N–H and O–H groups in total. The van der Waals surface area contributed by atoms with E-state index in [0.29, 0.717) is 30.3 Å². The Hall–Kier alpha value is -4.54. The number of nitrogens with zero attached hydrogens (tertiary/aromatic N) is 4. The van der Waals surface area contributed by atoms with Crippen molar-refractivity contribution in [3.63, 3.8) is 0 Å². The lowest BCUT2D eigenvalue weighted by Gasteiger charge is -2.33. The van der Waals surface area contributed by atoms with Gasteiger partial charge in [0.25, 0.3) is 0 Å². The molecule has 206 valence electrons. The van der Waals surface area contributed by atoms with E-state index in [1.54, 1.807) is 18.2 Å². The Morgan fingerprint density at radius 2 is 1.98 bits per heavy atom. The average molecular weight is 548 g/mol. The van der Waals surface area contributed by atoms with E-state index in [1.807, 2.05) is 42.5 Å². The summed E-state index contributed by atoms with van der Waals surface area (Å²) in [6.45, 7) is 0.933. The zero-order valence-corrected chi connectivity index (χ0v) is 22.4. The molecule has 0 bridgehead atoms. The molecule has 2 atom stereocenters. The number of nitriles is 2. The normalized spacial score (nSPS) is 18.4. The number of hydrogen-bond acceptors (Lipinski definition) is 7. The number of anilines is 1. The van der Waals surface area contributed by atoms with Crippen LogP contribution >= 0.6 is 0 Å². The average Bonchev–Trinajstić information content (AvgIpc) is 3.61. The van der Waals surface area contributed by atoms with Crippen LogP contribution < -0.4 is 16.4 Å². The molecule has 8 nitrogen and oxygen atoms in total. The number of halogens is 1. The van der Waals surface area contributed by atoms with Gasteiger partial charge < -0.3 is 16.2 Å². The van der Waals surface area contributed by atoms with Crippen molar-refractivity contribution in [2.75, 3.05) is 5.32 Å². The first-order chi connectivity index (χ1) is 19.9. The summed E-state index contributed by atoms with van der Waals surface area (Å²) in [4.78, 5) is 0. The zero-order chi connectivity index (χ0) is 28.6. The first-order valence-electron chi connectivity index (χ1n) is 13.8. The molecule has 1 saturated carbocycles. The third-order valence-corrected chi connectivity index (χ3v) is 8.17. The predicted octanol–water partition coefficient (Wildman–Crippen LogP) is 4.85. The molecule has 1 aliphatic heterocycles. The van der Waals surface area contributed by atoms with Crippen LogP contribution in [0.1, 0.15) is 71.1 Å². The minimum atomic E-state index is -1.36. The van der Waals surface area contributed by atoms with Crippen LogP contribution in [-0.4, -0.2) is 14.9 Å². The van der Waals surface area contributed by atoms with Crippen molar-refractivity contribution in [1.82, 2.24) is 15.1 Å². The van der Waals surface area contributed by atoms with Crippen LogP contribution in [0.3, 0.4) is 0 Å². The fourth-order valence-electron chi connectivity index (χ4n) is 5.81. The molecule has 2 unspecified atom stereocenters. The topological polar surface area (TPSA) is 136 Å². The van der Waals surface area contributed by atoms with Crippen molar-refractivity contribution < 1.29 is 9.50 Å². The second kappa shape index (κ2) is 10.8. The molecule has 0 spiro atoms. The summed E-state index contributed by atoms with van der Waals surface area (Å²) in [6, 6.07) is 23.7. The van der Waals surface area contributed by atoms with Gasteiger partial charge >= 0.3 is 0 Å². The maximum absolute atomic E-state index is 15.3. The monoisotopic (exact) mass is 547 g/mol. The van der Waals surface area contributed by atoms with Crippen molar-refractivity contribution in [2.24, 2.45) is 11.7 Å². The lowest BCUT2D eigenvalue weighted by Crippen LogP contribution is -2.38. The molecule has 0 amide bonds. The fraction of sp³-hybridized carbons (Fsp3) is 0.281. The summed E-state index contributed by atoms with van der Waals surface area (Å²) >= 11 is 0. The fourth-order valence-corrected chi connectivity index (χ4v) is 5.81. The molecule has 0 saturated heterocycles. The Morgan fingerprint density at radius 1 is 1.12 bits per heavy atom. The summed E-state index contributed by atoms with van der Waals surface area (Å²) in [5.41, 5.74) is 10.9. The van der Waals surface area contributed by atoms with Crippen molar-refractivity contribution in [3.05, 3.63) is 112 Å². The number of nitrogens with one attached hydrogen (secondary N) is 2. The Balaban J connectivity index is 1.36. The van der Waals surface area contributed by atoms with Crippen molar-refractivity contribution in [2.45, 2.75) is 50.5 Å². The van der Waals surface area contributed by atoms with Gasteiger partial charge in [-0.25, -0.2) is 9.07 Å². The van der Waals surface area contributed by atoms with Gasteiger partial charge in [0, 0.05) is 19.2 Å². The molecule has 0 radical (unpaired) electrons. The molecule has 1 aromatic heterocycles. The number of aliphatic hydroxyl groups excluding tert-OH is 1. The Labute approximate surface area is 237 Å². The van der Waals surface area contributed by atoms with Crippen LogP contribution in [0.25, 0.3) is 5.69 Å². The zero-order valence-electron chi connectivity index (χ0n) is 22.4. The molecule has 2 aliphatic rings. The lowest BCUT2D eigenvalue weighted by molar-refractivity contribution is 0.199. The molecule has 1 fully saturated rings. The largest absolute Gasteiger partial charge is 0.368 e. The van der Waals surface area contributed by atoms with Crippen molar-refractivity contribution >= 4 is 5.69 Å². The maximum atomic E-state index is 15.3. The molecular formula is C32H30FN7O. The Kier molecular flexibility index (Phi) is 7.02. The highest BCUT2D eigenvalue weighted by molar-refractivity contribution is 5.56. The van der Waals surface area contributed by atoms with Gasteiger partial charge in [0.1, 0.15) is 11.9 Å². The summed E-state index contributed by atoms with van der Waals surface area (Å²) < 4.78 is 16.7. The van der Waals surface area contributed by atoms with E-state index in [2.05, 4.69) is 21.8 Å². The minimum Gasteiger partial charge on any atom is -0.368 e. The lowest BCUT2D eigenvalue weighted by atomic mass is 9.79. The van der Waals surface area contributed by atoms with Gasteiger partial charge in [0.05, 0.1) is 34.2 Å². The Morgan fingerprint density at radius 3 is 2.73 bits per heavy atom. The molecule has 41 heavy (non-hydrogen) atoms. The second-order valence-electron chi connectivity index (χ2n) is 10.8. The van der Waals surface area contributed by atoms with Crippen molar-refractivity contribution in [1.29, 1.82) is 10.5 Å². The van der Waals surface area contributed by atoms with Gasteiger partial charge in [-0.1, -0.05) is 37.1 Å². The van der Waals surface area contributed by atoms with E-state index in [-0.39, 0.29) is 17.1 Å². The van der Waals surface area contributed by atoms with Gasteiger partial charge in [-0.2, -0.15) is 15.6 Å². The summed E-state index contributed by atoms with van der Waals surface area (Å²) in [7, 11) is 0. The molecule has 6 rings (SSSR count). The smallest absolute Gasteiger partial charge is 0.168 e. The van der Waals surface area contributed by atoms with Gasteiger partial charge in [-0.05, 0) is 77.4 Å². The first kappa shape index (κ1) is 26.7. The van der Waals surface area contributed by atoms with Crippen LogP contribution in [-0.2, 0) is 18.6 Å². The van der Waals surface area contributed by atoms with E-state index in [0.717, 1.165) is 35.1 Å². The molecular weight excluding hydrogens is 517 g/mol. The highest BCUT2D eigenvalue weighted by atomic mass is 19.1. The predicted molar refractivity (Wildman–Crippen MR) is 152 cm³/mol. The van der Waals surface area contributed by atoms with Crippen LogP contribution in [0.4, 0.5) is 10.1 Å². The minimum absolute atomic E-state index is 0.121. The number of aromatic nitrogens is 2. The van der Waals surface area contributed by atoms with Gasteiger partial charge in [0.2, 0.25) is 0 Å². The molecule has 9 heteroatoms. The number of aliphatic hydroxyl groups is 1. The van der Waals surface area contributed by atoms with E-state index < -0.39 is 17.6 Å². The first-order valence-corrected chi connectivity index (χ1v) is 13.8. The molecule has 4 aromatic rings. The van der Waals surface area contributed by atoms with Gasteiger partial charge in [-0.15, -0.1) is 0 Å². The highest BCUT2D eigenvalue weighted by Gasteiger charge is 2.41. The van der Waals surface area contributed by atoms with Gasteiger partial charge in [0.15, 0.2) is 11.9 Å². The highest BCUT2D eigenvalue weighted by Crippen LogP contribution is 2.45. The Bertz CT molecular complexity index is 1700. The van der Waals surface area contributed by atoms with E-state index in [9.17, 15) is 15.6 Å². The van der Waals surface area contributed by atoms with E-state index in [1.165, 1.54) is 29.7 Å².